The minimum Gasteiger partial charge on any atom is -0.366 e. The molecule has 0 aliphatic rings. The van der Waals surface area contributed by atoms with Gasteiger partial charge in [-0.1, -0.05) is 23.2 Å². The zero-order valence-corrected chi connectivity index (χ0v) is 11.6. The van der Waals surface area contributed by atoms with E-state index < -0.39 is 0 Å². The van der Waals surface area contributed by atoms with Gasteiger partial charge in [0.15, 0.2) is 5.65 Å². The number of fused-ring (bicyclic) bond motifs is 1. The monoisotopic (exact) mass is 292 g/mol. The van der Waals surface area contributed by atoms with Crippen molar-refractivity contribution in [3.8, 4) is 11.1 Å². The van der Waals surface area contributed by atoms with E-state index in [4.69, 9.17) is 28.9 Å². The second kappa shape index (κ2) is 4.40. The number of rotatable bonds is 1. The number of anilines is 1. The van der Waals surface area contributed by atoms with E-state index in [1.807, 2.05) is 31.3 Å². The van der Waals surface area contributed by atoms with Gasteiger partial charge in [-0.25, -0.2) is 4.52 Å². The summed E-state index contributed by atoms with van der Waals surface area (Å²) in [4.78, 5) is 4.16. The summed E-state index contributed by atoms with van der Waals surface area (Å²) in [6.45, 7) is 1.96. The van der Waals surface area contributed by atoms with E-state index in [2.05, 4.69) is 10.1 Å². The van der Waals surface area contributed by atoms with Gasteiger partial charge in [-0.05, 0) is 42.3 Å². The van der Waals surface area contributed by atoms with Crippen molar-refractivity contribution >= 4 is 34.8 Å². The van der Waals surface area contributed by atoms with Crippen LogP contribution in [-0.2, 0) is 0 Å². The van der Waals surface area contributed by atoms with E-state index in [-0.39, 0.29) is 5.95 Å². The lowest BCUT2D eigenvalue weighted by atomic mass is 10.1. The lowest BCUT2D eigenvalue weighted by molar-refractivity contribution is 0.964. The van der Waals surface area contributed by atoms with E-state index in [1.54, 1.807) is 10.6 Å². The predicted molar refractivity (Wildman–Crippen MR) is 77.6 cm³/mol. The van der Waals surface area contributed by atoms with E-state index in [0.29, 0.717) is 10.0 Å². The van der Waals surface area contributed by atoms with Crippen LogP contribution in [0.25, 0.3) is 16.8 Å². The summed E-state index contributed by atoms with van der Waals surface area (Å²) in [5.74, 6) is 0.254. The van der Waals surface area contributed by atoms with Gasteiger partial charge in [-0.3, -0.25) is 0 Å². The Labute approximate surface area is 119 Å². The lowest BCUT2D eigenvalue weighted by Crippen LogP contribution is -1.92. The fraction of sp³-hybridized carbons (Fsp3) is 0.0769. The van der Waals surface area contributed by atoms with Gasteiger partial charge >= 0.3 is 0 Å². The summed E-state index contributed by atoms with van der Waals surface area (Å²) in [7, 11) is 0. The van der Waals surface area contributed by atoms with Crippen molar-refractivity contribution in [3.05, 3.63) is 46.1 Å². The first-order valence-electron chi connectivity index (χ1n) is 5.62. The van der Waals surface area contributed by atoms with Gasteiger partial charge in [-0.2, -0.15) is 4.98 Å². The second-order valence-electron chi connectivity index (χ2n) is 4.31. The molecule has 0 bridgehead atoms. The summed E-state index contributed by atoms with van der Waals surface area (Å²) in [6, 6.07) is 7.42. The highest BCUT2D eigenvalue weighted by atomic mass is 35.5. The summed E-state index contributed by atoms with van der Waals surface area (Å²) in [6.07, 6.45) is 1.85. The zero-order chi connectivity index (χ0) is 13.6. The van der Waals surface area contributed by atoms with Crippen molar-refractivity contribution in [1.29, 1.82) is 0 Å². The molecule has 0 radical (unpaired) electrons. The highest BCUT2D eigenvalue weighted by Gasteiger charge is 2.08. The zero-order valence-electron chi connectivity index (χ0n) is 10.1. The highest BCUT2D eigenvalue weighted by Crippen LogP contribution is 2.28. The highest BCUT2D eigenvalue weighted by molar-refractivity contribution is 6.35. The topological polar surface area (TPSA) is 56.2 Å². The maximum atomic E-state index is 6.02. The molecule has 0 amide bonds. The molecule has 0 aliphatic carbocycles. The number of benzene rings is 1. The van der Waals surface area contributed by atoms with Gasteiger partial charge < -0.3 is 5.73 Å². The Morgan fingerprint density at radius 3 is 2.42 bits per heavy atom. The molecular weight excluding hydrogens is 283 g/mol. The molecule has 0 atom stereocenters. The van der Waals surface area contributed by atoms with Gasteiger partial charge in [0.05, 0.1) is 0 Å². The van der Waals surface area contributed by atoms with Crippen LogP contribution >= 0.6 is 23.2 Å². The number of nitrogens with two attached hydrogens (primary N) is 1. The van der Waals surface area contributed by atoms with Crippen LogP contribution in [0.5, 0.6) is 0 Å². The van der Waals surface area contributed by atoms with Crippen LogP contribution in [0.4, 0.5) is 5.95 Å². The van der Waals surface area contributed by atoms with Gasteiger partial charge in [0.25, 0.3) is 0 Å². The van der Waals surface area contributed by atoms with Crippen LogP contribution in [0.1, 0.15) is 5.56 Å². The third-order valence-electron chi connectivity index (χ3n) is 2.83. The molecule has 0 spiro atoms. The molecule has 0 saturated heterocycles. The van der Waals surface area contributed by atoms with Crippen LogP contribution in [0.15, 0.2) is 30.5 Å². The number of hydrogen-bond donors (Lipinski definition) is 1. The van der Waals surface area contributed by atoms with Gasteiger partial charge in [0, 0.05) is 21.8 Å². The first kappa shape index (κ1) is 12.3. The molecule has 1 aromatic carbocycles. The fourth-order valence-electron chi connectivity index (χ4n) is 2.04. The molecule has 3 aromatic rings. The van der Waals surface area contributed by atoms with Crippen molar-refractivity contribution in [2.24, 2.45) is 0 Å². The van der Waals surface area contributed by atoms with E-state index >= 15 is 0 Å². The third kappa shape index (κ3) is 2.25. The molecule has 2 N–H and O–H groups in total. The third-order valence-corrected chi connectivity index (χ3v) is 3.27. The largest absolute Gasteiger partial charge is 0.366 e. The van der Waals surface area contributed by atoms with Crippen molar-refractivity contribution < 1.29 is 0 Å². The molecule has 6 heteroatoms. The summed E-state index contributed by atoms with van der Waals surface area (Å²) < 4.78 is 1.66. The Morgan fingerprint density at radius 2 is 1.74 bits per heavy atom. The van der Waals surface area contributed by atoms with Crippen molar-refractivity contribution in [2.45, 2.75) is 6.92 Å². The molecule has 4 nitrogen and oxygen atoms in total. The average molecular weight is 293 g/mol. The van der Waals surface area contributed by atoms with E-state index in [1.165, 1.54) is 0 Å². The summed E-state index contributed by atoms with van der Waals surface area (Å²) in [5, 5.41) is 5.31. The first-order chi connectivity index (χ1) is 9.02. The van der Waals surface area contributed by atoms with E-state index in [9.17, 15) is 0 Å². The number of nitrogens with zero attached hydrogens (tertiary/aromatic N) is 3. The van der Waals surface area contributed by atoms with Crippen LogP contribution in [-0.4, -0.2) is 14.6 Å². The molecule has 96 valence electrons. The molecule has 2 aromatic heterocycles. The Hall–Kier alpha value is -1.78. The van der Waals surface area contributed by atoms with Gasteiger partial charge in [0.1, 0.15) is 0 Å². The minimum atomic E-state index is 0.254. The lowest BCUT2D eigenvalue weighted by Gasteiger charge is -2.06. The van der Waals surface area contributed by atoms with Crippen LogP contribution in [0.2, 0.25) is 10.0 Å². The number of hydrogen-bond acceptors (Lipinski definition) is 3. The van der Waals surface area contributed by atoms with Crippen LogP contribution in [0, 0.1) is 6.92 Å². The van der Waals surface area contributed by atoms with E-state index in [0.717, 1.165) is 22.3 Å². The maximum absolute atomic E-state index is 6.02. The molecular formula is C13H10Cl2N4. The Bertz CT molecular complexity index is 759. The number of aromatic nitrogens is 3. The van der Waals surface area contributed by atoms with Crippen molar-refractivity contribution in [2.75, 3.05) is 5.73 Å². The quantitative estimate of drug-likeness (QED) is 0.746. The van der Waals surface area contributed by atoms with Crippen LogP contribution in [0.3, 0.4) is 0 Å². The average Bonchev–Trinajstić information content (AvgIpc) is 2.69. The smallest absolute Gasteiger partial charge is 0.240 e. The molecule has 0 fully saturated rings. The Morgan fingerprint density at radius 1 is 1.05 bits per heavy atom. The number of nitrogen functional groups attached to an aromatic ring is 1. The van der Waals surface area contributed by atoms with Gasteiger partial charge in [-0.15, -0.1) is 5.10 Å². The number of aryl methyl sites for hydroxylation is 1. The maximum Gasteiger partial charge on any atom is 0.240 e. The Kier molecular flexibility index (Phi) is 2.84. The minimum absolute atomic E-state index is 0.254. The molecule has 3 rings (SSSR count). The first-order valence-corrected chi connectivity index (χ1v) is 6.37. The molecule has 0 aliphatic heterocycles. The van der Waals surface area contributed by atoms with Crippen molar-refractivity contribution in [1.82, 2.24) is 14.6 Å². The predicted octanol–water partition coefficient (Wildman–Crippen LogP) is 3.59. The Balaban J connectivity index is 2.24. The normalized spacial score (nSPS) is 11.1. The summed E-state index contributed by atoms with van der Waals surface area (Å²) >= 11 is 12.0. The van der Waals surface area contributed by atoms with Crippen molar-refractivity contribution in [3.63, 3.8) is 0 Å². The molecule has 0 saturated carbocycles. The van der Waals surface area contributed by atoms with Gasteiger partial charge in [0.2, 0.25) is 5.95 Å². The second-order valence-corrected chi connectivity index (χ2v) is 5.18. The summed E-state index contributed by atoms with van der Waals surface area (Å²) in [5.41, 5.74) is 9.23. The number of pyridine rings is 1. The molecule has 19 heavy (non-hydrogen) atoms. The van der Waals surface area contributed by atoms with Crippen LogP contribution < -0.4 is 5.73 Å². The number of halogens is 2. The SMILES string of the molecule is Cc1cc(-c2cc(Cl)cc(Cl)c2)cn2nc(N)nc12. The molecule has 2 heterocycles. The molecule has 0 unspecified atom stereocenters. The fourth-order valence-corrected chi connectivity index (χ4v) is 2.57. The standard InChI is InChI=1S/C13H10Cl2N4/c1-7-2-9(6-19-12(7)17-13(16)18-19)8-3-10(14)5-11(15)4-8/h2-6H,1H3,(H2,16,18).